The molecule has 2 rings (SSSR count). The number of nitrogens with one attached hydrogen (secondary N) is 1. The van der Waals surface area contributed by atoms with Gasteiger partial charge in [0, 0.05) is 24.8 Å². The maximum atomic E-state index is 12.1. The summed E-state index contributed by atoms with van der Waals surface area (Å²) in [6.45, 7) is 2.24. The first-order valence-corrected chi connectivity index (χ1v) is 6.71. The van der Waals surface area contributed by atoms with Crippen LogP contribution in [0.5, 0.6) is 0 Å². The van der Waals surface area contributed by atoms with E-state index in [1.807, 2.05) is 54.9 Å². The Hall–Kier alpha value is -2.51. The zero-order valence-corrected chi connectivity index (χ0v) is 12.2. The molecule has 2 aromatic rings. The summed E-state index contributed by atoms with van der Waals surface area (Å²) in [6, 6.07) is 11.3. The molecule has 0 atom stereocenters. The summed E-state index contributed by atoms with van der Waals surface area (Å²) in [5, 5.41) is 11.6. The van der Waals surface area contributed by atoms with E-state index in [4.69, 9.17) is 5.11 Å². The van der Waals surface area contributed by atoms with Crippen LogP contribution in [0.1, 0.15) is 27.3 Å². The van der Waals surface area contributed by atoms with Crippen LogP contribution in [0, 0.1) is 18.8 Å². The fourth-order valence-corrected chi connectivity index (χ4v) is 2.01. The van der Waals surface area contributed by atoms with Crippen LogP contribution in [0.25, 0.3) is 0 Å². The van der Waals surface area contributed by atoms with Crippen molar-refractivity contribution in [2.24, 2.45) is 7.05 Å². The molecular weight excluding hydrogens is 264 g/mol. The molecule has 108 valence electrons. The van der Waals surface area contributed by atoms with Crippen molar-refractivity contribution in [3.63, 3.8) is 0 Å². The first-order valence-electron chi connectivity index (χ1n) is 6.71. The van der Waals surface area contributed by atoms with Crippen molar-refractivity contribution in [3.05, 3.63) is 58.9 Å². The lowest BCUT2D eigenvalue weighted by Gasteiger charge is -2.07. The number of carbonyl (C=O) groups excluding carboxylic acids is 1. The standard InChI is InChI=1S/C17H18N2O2/c1-13-8-9-16(19(13)2)17(21)18-12-15-6-3-5-14(11-15)7-4-10-20/h3,5-6,8-9,11,20H,10,12H2,1-2H3,(H,18,21). The third-order valence-electron chi connectivity index (χ3n) is 3.30. The van der Waals surface area contributed by atoms with Crippen LogP contribution in [-0.2, 0) is 13.6 Å². The predicted molar refractivity (Wildman–Crippen MR) is 81.7 cm³/mol. The van der Waals surface area contributed by atoms with Crippen LogP contribution in [-0.4, -0.2) is 22.2 Å². The molecule has 0 saturated heterocycles. The van der Waals surface area contributed by atoms with Crippen LogP contribution >= 0.6 is 0 Å². The molecule has 0 aliphatic carbocycles. The fraction of sp³-hybridized carbons (Fsp3) is 0.235. The number of benzene rings is 1. The lowest BCUT2D eigenvalue weighted by atomic mass is 10.1. The molecule has 1 aromatic carbocycles. The summed E-state index contributed by atoms with van der Waals surface area (Å²) in [4.78, 5) is 12.1. The van der Waals surface area contributed by atoms with E-state index in [2.05, 4.69) is 17.2 Å². The van der Waals surface area contributed by atoms with Crippen LogP contribution in [0.3, 0.4) is 0 Å². The molecule has 0 aliphatic heterocycles. The summed E-state index contributed by atoms with van der Waals surface area (Å²) in [7, 11) is 1.87. The van der Waals surface area contributed by atoms with Crippen molar-refractivity contribution in [2.75, 3.05) is 6.61 Å². The summed E-state index contributed by atoms with van der Waals surface area (Å²) in [6.07, 6.45) is 0. The van der Waals surface area contributed by atoms with E-state index in [-0.39, 0.29) is 12.5 Å². The van der Waals surface area contributed by atoms with Gasteiger partial charge in [-0.25, -0.2) is 0 Å². The number of aliphatic hydroxyl groups excluding tert-OH is 1. The number of nitrogens with zero attached hydrogens (tertiary/aromatic N) is 1. The monoisotopic (exact) mass is 282 g/mol. The Balaban J connectivity index is 2.03. The molecule has 0 bridgehead atoms. The van der Waals surface area contributed by atoms with Gasteiger partial charge >= 0.3 is 0 Å². The summed E-state index contributed by atoms with van der Waals surface area (Å²) >= 11 is 0. The number of hydrogen-bond acceptors (Lipinski definition) is 2. The van der Waals surface area contributed by atoms with Crippen molar-refractivity contribution in [1.82, 2.24) is 9.88 Å². The zero-order chi connectivity index (χ0) is 15.2. The number of rotatable bonds is 3. The van der Waals surface area contributed by atoms with E-state index >= 15 is 0 Å². The maximum Gasteiger partial charge on any atom is 0.268 e. The van der Waals surface area contributed by atoms with Gasteiger partial charge in [-0.15, -0.1) is 0 Å². The van der Waals surface area contributed by atoms with E-state index in [1.165, 1.54) is 0 Å². The molecule has 4 nitrogen and oxygen atoms in total. The lowest BCUT2D eigenvalue weighted by Crippen LogP contribution is -2.25. The number of carbonyl (C=O) groups is 1. The van der Waals surface area contributed by atoms with Crippen molar-refractivity contribution < 1.29 is 9.90 Å². The normalized spacial score (nSPS) is 9.86. The molecular formula is C17H18N2O2. The topological polar surface area (TPSA) is 54.3 Å². The molecule has 21 heavy (non-hydrogen) atoms. The highest BCUT2D eigenvalue weighted by Gasteiger charge is 2.10. The quantitative estimate of drug-likeness (QED) is 0.840. The minimum absolute atomic E-state index is 0.0996. The van der Waals surface area contributed by atoms with Crippen LogP contribution in [0.4, 0.5) is 0 Å². The molecule has 0 aliphatic rings. The van der Waals surface area contributed by atoms with Crippen molar-refractivity contribution >= 4 is 5.91 Å². The number of amides is 1. The van der Waals surface area contributed by atoms with E-state index in [0.717, 1.165) is 16.8 Å². The molecule has 0 spiro atoms. The largest absolute Gasteiger partial charge is 0.384 e. The van der Waals surface area contributed by atoms with Gasteiger partial charge in [0.1, 0.15) is 12.3 Å². The van der Waals surface area contributed by atoms with Gasteiger partial charge in [0.25, 0.3) is 5.91 Å². The van der Waals surface area contributed by atoms with Gasteiger partial charge in [-0.3, -0.25) is 4.79 Å². The highest BCUT2D eigenvalue weighted by Crippen LogP contribution is 2.07. The van der Waals surface area contributed by atoms with Crippen molar-refractivity contribution in [2.45, 2.75) is 13.5 Å². The number of aryl methyl sites for hydroxylation is 1. The lowest BCUT2D eigenvalue weighted by molar-refractivity contribution is 0.0942. The average molecular weight is 282 g/mol. The highest BCUT2D eigenvalue weighted by molar-refractivity contribution is 5.92. The fourth-order valence-electron chi connectivity index (χ4n) is 2.01. The first kappa shape index (κ1) is 14.9. The second-order valence-corrected chi connectivity index (χ2v) is 4.76. The number of aliphatic hydroxyl groups is 1. The van der Waals surface area contributed by atoms with Crippen LogP contribution < -0.4 is 5.32 Å². The maximum absolute atomic E-state index is 12.1. The van der Waals surface area contributed by atoms with E-state index in [0.29, 0.717) is 12.2 Å². The average Bonchev–Trinajstić information content (AvgIpc) is 2.83. The SMILES string of the molecule is Cc1ccc(C(=O)NCc2cccc(C#CCO)c2)n1C. The van der Waals surface area contributed by atoms with Crippen LogP contribution in [0.15, 0.2) is 36.4 Å². The number of hydrogen-bond donors (Lipinski definition) is 2. The molecule has 1 aromatic heterocycles. The summed E-state index contributed by atoms with van der Waals surface area (Å²) < 4.78 is 1.86. The molecule has 0 fully saturated rings. The zero-order valence-electron chi connectivity index (χ0n) is 12.2. The molecule has 4 heteroatoms. The highest BCUT2D eigenvalue weighted by atomic mass is 16.2. The Morgan fingerprint density at radius 3 is 2.81 bits per heavy atom. The Morgan fingerprint density at radius 1 is 1.33 bits per heavy atom. The summed E-state index contributed by atoms with van der Waals surface area (Å²) in [5.41, 5.74) is 3.48. The minimum Gasteiger partial charge on any atom is -0.384 e. The van der Waals surface area contributed by atoms with Gasteiger partial charge in [-0.1, -0.05) is 24.0 Å². The van der Waals surface area contributed by atoms with Gasteiger partial charge in [0.2, 0.25) is 0 Å². The molecule has 0 radical (unpaired) electrons. The van der Waals surface area contributed by atoms with Gasteiger partial charge in [-0.2, -0.15) is 0 Å². The number of aromatic nitrogens is 1. The molecule has 1 amide bonds. The predicted octanol–water partition coefficient (Wildman–Crippen LogP) is 1.61. The van der Waals surface area contributed by atoms with E-state index < -0.39 is 0 Å². The third kappa shape index (κ3) is 3.74. The third-order valence-corrected chi connectivity index (χ3v) is 3.30. The summed E-state index contributed by atoms with van der Waals surface area (Å²) in [5.74, 6) is 5.36. The molecule has 0 unspecified atom stereocenters. The smallest absolute Gasteiger partial charge is 0.268 e. The van der Waals surface area contributed by atoms with Crippen LogP contribution in [0.2, 0.25) is 0 Å². The second kappa shape index (κ2) is 6.78. The Labute approximate surface area is 124 Å². The van der Waals surface area contributed by atoms with E-state index in [1.54, 1.807) is 0 Å². The van der Waals surface area contributed by atoms with Crippen molar-refractivity contribution in [3.8, 4) is 11.8 Å². The first-order chi connectivity index (χ1) is 10.1. The Bertz CT molecular complexity index is 705. The molecule has 0 saturated carbocycles. The Kier molecular flexibility index (Phi) is 4.81. The van der Waals surface area contributed by atoms with Gasteiger partial charge in [-0.05, 0) is 36.8 Å². The minimum atomic E-state index is -0.159. The van der Waals surface area contributed by atoms with Gasteiger partial charge < -0.3 is 15.0 Å². The second-order valence-electron chi connectivity index (χ2n) is 4.76. The Morgan fingerprint density at radius 2 is 2.14 bits per heavy atom. The van der Waals surface area contributed by atoms with Gasteiger partial charge in [0.05, 0.1) is 0 Å². The van der Waals surface area contributed by atoms with Crippen molar-refractivity contribution in [1.29, 1.82) is 0 Å². The molecule has 1 heterocycles. The molecule has 2 N–H and O–H groups in total. The van der Waals surface area contributed by atoms with E-state index in [9.17, 15) is 4.79 Å². The van der Waals surface area contributed by atoms with Gasteiger partial charge in [0.15, 0.2) is 0 Å².